The molecule has 21 heavy (non-hydrogen) atoms. The Bertz CT molecular complexity index is 376. The van der Waals surface area contributed by atoms with Crippen molar-refractivity contribution < 1.29 is 19.5 Å². The molecular formula is C15H28N2O4. The summed E-state index contributed by atoms with van der Waals surface area (Å²) in [4.78, 5) is 36.9. The summed E-state index contributed by atoms with van der Waals surface area (Å²) in [5.41, 5.74) is -1.04. The fourth-order valence-electron chi connectivity index (χ4n) is 2.20. The van der Waals surface area contributed by atoms with Crippen molar-refractivity contribution in [2.24, 2.45) is 5.41 Å². The third-order valence-electron chi connectivity index (χ3n) is 3.82. The fourth-order valence-corrected chi connectivity index (χ4v) is 2.20. The molecule has 0 fully saturated rings. The SMILES string of the molecule is CCN(CC(=O)NC(C)C)C(=O)CC(CC)(CC)C(=O)O. The van der Waals surface area contributed by atoms with Gasteiger partial charge in [-0.2, -0.15) is 0 Å². The molecule has 0 bridgehead atoms. The second-order valence-electron chi connectivity index (χ2n) is 5.60. The minimum atomic E-state index is -1.04. The molecule has 0 aromatic heterocycles. The Kier molecular flexibility index (Phi) is 7.99. The molecule has 6 heteroatoms. The Morgan fingerprint density at radius 1 is 1.14 bits per heavy atom. The first-order chi connectivity index (χ1) is 9.72. The zero-order valence-electron chi connectivity index (χ0n) is 13.7. The van der Waals surface area contributed by atoms with Crippen molar-refractivity contribution >= 4 is 17.8 Å². The van der Waals surface area contributed by atoms with E-state index in [2.05, 4.69) is 5.32 Å². The van der Waals surface area contributed by atoms with Crippen LogP contribution in [0.3, 0.4) is 0 Å². The molecule has 122 valence electrons. The zero-order valence-corrected chi connectivity index (χ0v) is 13.7. The second-order valence-corrected chi connectivity index (χ2v) is 5.60. The summed E-state index contributed by atoms with van der Waals surface area (Å²) in [7, 11) is 0. The third kappa shape index (κ3) is 5.73. The Morgan fingerprint density at radius 3 is 2.00 bits per heavy atom. The molecule has 0 aromatic carbocycles. The highest BCUT2D eigenvalue weighted by Gasteiger charge is 2.38. The summed E-state index contributed by atoms with van der Waals surface area (Å²) in [6.45, 7) is 9.36. The van der Waals surface area contributed by atoms with Crippen molar-refractivity contribution in [3.05, 3.63) is 0 Å². The normalized spacial score (nSPS) is 11.3. The molecular weight excluding hydrogens is 272 g/mol. The van der Waals surface area contributed by atoms with E-state index >= 15 is 0 Å². The van der Waals surface area contributed by atoms with Crippen molar-refractivity contribution in [2.45, 2.75) is 59.9 Å². The molecule has 0 aliphatic heterocycles. The van der Waals surface area contributed by atoms with Gasteiger partial charge in [0.05, 0.1) is 12.0 Å². The molecule has 0 saturated carbocycles. The maximum atomic E-state index is 12.3. The first-order valence-electron chi connectivity index (χ1n) is 7.52. The van der Waals surface area contributed by atoms with Gasteiger partial charge in [-0.1, -0.05) is 13.8 Å². The number of nitrogens with zero attached hydrogens (tertiary/aromatic N) is 1. The standard InChI is InChI=1S/C15H28N2O4/c1-6-15(7-2,14(20)21)9-13(19)17(8-3)10-12(18)16-11(4)5/h11H,6-10H2,1-5H3,(H,16,18)(H,20,21). The zero-order chi connectivity index (χ0) is 16.6. The van der Waals surface area contributed by atoms with Gasteiger partial charge in [0.15, 0.2) is 0 Å². The summed E-state index contributed by atoms with van der Waals surface area (Å²) >= 11 is 0. The fraction of sp³-hybridized carbons (Fsp3) is 0.800. The van der Waals surface area contributed by atoms with Crippen LogP contribution in [0.5, 0.6) is 0 Å². The van der Waals surface area contributed by atoms with Gasteiger partial charge in [-0.05, 0) is 33.6 Å². The maximum absolute atomic E-state index is 12.3. The van der Waals surface area contributed by atoms with E-state index in [-0.39, 0.29) is 30.8 Å². The minimum Gasteiger partial charge on any atom is -0.481 e. The Labute approximate surface area is 126 Å². The number of rotatable bonds is 9. The lowest BCUT2D eigenvalue weighted by atomic mass is 9.79. The molecule has 2 amide bonds. The van der Waals surface area contributed by atoms with Gasteiger partial charge < -0.3 is 15.3 Å². The number of carbonyl (C=O) groups excluding carboxylic acids is 2. The van der Waals surface area contributed by atoms with Gasteiger partial charge in [0.2, 0.25) is 11.8 Å². The molecule has 0 aliphatic carbocycles. The number of amides is 2. The van der Waals surface area contributed by atoms with E-state index in [0.29, 0.717) is 19.4 Å². The summed E-state index contributed by atoms with van der Waals surface area (Å²) in [6, 6.07) is 0.00991. The van der Waals surface area contributed by atoms with E-state index in [9.17, 15) is 19.5 Å². The van der Waals surface area contributed by atoms with Gasteiger partial charge >= 0.3 is 5.97 Å². The lowest BCUT2D eigenvalue weighted by molar-refractivity contribution is -0.154. The van der Waals surface area contributed by atoms with Gasteiger partial charge in [-0.25, -0.2) is 0 Å². The molecule has 0 radical (unpaired) electrons. The predicted octanol–water partition coefficient (Wildman–Crippen LogP) is 1.64. The van der Waals surface area contributed by atoms with Gasteiger partial charge in [0, 0.05) is 19.0 Å². The van der Waals surface area contributed by atoms with E-state index in [4.69, 9.17) is 0 Å². The molecule has 0 rings (SSSR count). The average Bonchev–Trinajstić information content (AvgIpc) is 2.40. The largest absolute Gasteiger partial charge is 0.481 e. The third-order valence-corrected chi connectivity index (χ3v) is 3.82. The summed E-state index contributed by atoms with van der Waals surface area (Å²) in [6.07, 6.45) is 0.707. The summed E-state index contributed by atoms with van der Waals surface area (Å²) in [5, 5.41) is 12.1. The highest BCUT2D eigenvalue weighted by Crippen LogP contribution is 2.31. The van der Waals surface area contributed by atoms with Crippen LogP contribution in [0.25, 0.3) is 0 Å². The predicted molar refractivity (Wildman–Crippen MR) is 80.8 cm³/mol. The van der Waals surface area contributed by atoms with Gasteiger partial charge in [-0.15, -0.1) is 0 Å². The van der Waals surface area contributed by atoms with E-state index in [1.807, 2.05) is 13.8 Å². The minimum absolute atomic E-state index is 0.00991. The van der Waals surface area contributed by atoms with Crippen LogP contribution in [-0.2, 0) is 14.4 Å². The number of aliphatic carboxylic acids is 1. The van der Waals surface area contributed by atoms with Crippen LogP contribution in [0.15, 0.2) is 0 Å². The molecule has 0 aliphatic rings. The molecule has 6 nitrogen and oxygen atoms in total. The van der Waals surface area contributed by atoms with Crippen LogP contribution in [0, 0.1) is 5.41 Å². The number of carboxylic acid groups (broad SMARTS) is 1. The van der Waals surface area contributed by atoms with E-state index < -0.39 is 11.4 Å². The number of hydrogen-bond acceptors (Lipinski definition) is 3. The van der Waals surface area contributed by atoms with Gasteiger partial charge in [-0.3, -0.25) is 14.4 Å². The molecule has 0 aromatic rings. The number of nitrogens with one attached hydrogen (secondary N) is 1. The van der Waals surface area contributed by atoms with Crippen LogP contribution >= 0.6 is 0 Å². The quantitative estimate of drug-likeness (QED) is 0.677. The summed E-state index contributed by atoms with van der Waals surface area (Å²) in [5.74, 6) is -1.47. The molecule has 0 spiro atoms. The number of likely N-dealkylation sites (N-methyl/N-ethyl adjacent to an activating group) is 1. The van der Waals surface area contributed by atoms with Crippen LogP contribution in [0.2, 0.25) is 0 Å². The average molecular weight is 300 g/mol. The van der Waals surface area contributed by atoms with E-state index in [1.54, 1.807) is 20.8 Å². The van der Waals surface area contributed by atoms with Crippen molar-refractivity contribution in [1.82, 2.24) is 10.2 Å². The van der Waals surface area contributed by atoms with Gasteiger partial charge in [0.1, 0.15) is 0 Å². The number of carbonyl (C=O) groups is 3. The van der Waals surface area contributed by atoms with Crippen LogP contribution in [0.4, 0.5) is 0 Å². The number of carboxylic acids is 1. The smallest absolute Gasteiger partial charge is 0.310 e. The molecule has 0 unspecified atom stereocenters. The van der Waals surface area contributed by atoms with Crippen molar-refractivity contribution in [3.8, 4) is 0 Å². The second kappa shape index (κ2) is 8.64. The first-order valence-corrected chi connectivity index (χ1v) is 7.52. The van der Waals surface area contributed by atoms with Crippen LogP contribution in [0.1, 0.15) is 53.9 Å². The topological polar surface area (TPSA) is 86.7 Å². The van der Waals surface area contributed by atoms with Crippen LogP contribution in [-0.4, -0.2) is 46.9 Å². The van der Waals surface area contributed by atoms with Crippen molar-refractivity contribution in [2.75, 3.05) is 13.1 Å². The molecule has 2 N–H and O–H groups in total. The molecule has 0 heterocycles. The summed E-state index contributed by atoms with van der Waals surface area (Å²) < 4.78 is 0. The van der Waals surface area contributed by atoms with Crippen molar-refractivity contribution in [3.63, 3.8) is 0 Å². The highest BCUT2D eigenvalue weighted by molar-refractivity contribution is 5.88. The molecule has 0 saturated heterocycles. The lowest BCUT2D eigenvalue weighted by Crippen LogP contribution is -2.45. The maximum Gasteiger partial charge on any atom is 0.310 e. The van der Waals surface area contributed by atoms with Crippen molar-refractivity contribution in [1.29, 1.82) is 0 Å². The van der Waals surface area contributed by atoms with E-state index in [0.717, 1.165) is 0 Å². The first kappa shape index (κ1) is 19.4. The monoisotopic (exact) mass is 300 g/mol. The Balaban J connectivity index is 4.86. The Morgan fingerprint density at radius 2 is 1.67 bits per heavy atom. The molecule has 0 atom stereocenters. The Hall–Kier alpha value is -1.59. The van der Waals surface area contributed by atoms with Gasteiger partial charge in [0.25, 0.3) is 0 Å². The number of hydrogen-bond donors (Lipinski definition) is 2. The van der Waals surface area contributed by atoms with Crippen LogP contribution < -0.4 is 5.32 Å². The lowest BCUT2D eigenvalue weighted by Gasteiger charge is -2.29. The van der Waals surface area contributed by atoms with E-state index in [1.165, 1.54) is 4.90 Å². The highest BCUT2D eigenvalue weighted by atomic mass is 16.4.